The van der Waals surface area contributed by atoms with E-state index in [-0.39, 0.29) is 5.84 Å². The van der Waals surface area contributed by atoms with Crippen LogP contribution in [0, 0.1) is 19.3 Å². The molecule has 0 unspecified atom stereocenters. The number of nitrogens with one attached hydrogen (secondary N) is 1. The van der Waals surface area contributed by atoms with Crippen LogP contribution in [0.15, 0.2) is 36.4 Å². The Balaban J connectivity index is 2.15. The van der Waals surface area contributed by atoms with E-state index in [1.54, 1.807) is 7.11 Å². The third-order valence-corrected chi connectivity index (χ3v) is 3.36. The maximum atomic E-state index is 7.44. The molecule has 0 aliphatic rings. The minimum atomic E-state index is 0.0748. The second kappa shape index (κ2) is 6.31. The minimum absolute atomic E-state index is 0.0748. The summed E-state index contributed by atoms with van der Waals surface area (Å²) in [5.41, 5.74) is 9.45. The molecular formula is C17H20N2O2. The Morgan fingerprint density at radius 3 is 2.48 bits per heavy atom. The summed E-state index contributed by atoms with van der Waals surface area (Å²) in [6.45, 7) is 4.44. The predicted octanol–water partition coefficient (Wildman–Crippen LogP) is 3.18. The minimum Gasteiger partial charge on any atom is -0.493 e. The molecule has 4 nitrogen and oxygen atoms in total. The zero-order chi connectivity index (χ0) is 15.4. The van der Waals surface area contributed by atoms with E-state index in [1.165, 1.54) is 0 Å². The van der Waals surface area contributed by atoms with Crippen LogP contribution in [-0.4, -0.2) is 12.9 Å². The summed E-state index contributed by atoms with van der Waals surface area (Å²) in [6, 6.07) is 11.5. The maximum absolute atomic E-state index is 7.44. The van der Waals surface area contributed by atoms with E-state index >= 15 is 0 Å². The molecule has 2 aromatic carbocycles. The average Bonchev–Trinajstić information content (AvgIpc) is 2.46. The quantitative estimate of drug-likeness (QED) is 0.654. The Hall–Kier alpha value is -2.49. The topological polar surface area (TPSA) is 68.3 Å². The van der Waals surface area contributed by atoms with Crippen LogP contribution in [0.3, 0.4) is 0 Å². The third-order valence-electron chi connectivity index (χ3n) is 3.36. The Bertz CT molecular complexity index is 666. The van der Waals surface area contributed by atoms with Gasteiger partial charge in [-0.15, -0.1) is 0 Å². The molecule has 0 fully saturated rings. The first-order valence-corrected chi connectivity index (χ1v) is 6.72. The molecule has 21 heavy (non-hydrogen) atoms. The fraction of sp³-hybridized carbons (Fsp3) is 0.235. The average molecular weight is 284 g/mol. The van der Waals surface area contributed by atoms with Gasteiger partial charge in [-0.25, -0.2) is 0 Å². The monoisotopic (exact) mass is 284 g/mol. The van der Waals surface area contributed by atoms with Crippen molar-refractivity contribution in [3.05, 3.63) is 58.7 Å². The van der Waals surface area contributed by atoms with Crippen molar-refractivity contribution in [3.8, 4) is 11.5 Å². The second-order valence-corrected chi connectivity index (χ2v) is 5.00. The van der Waals surface area contributed by atoms with Crippen LogP contribution in [0.25, 0.3) is 0 Å². The Morgan fingerprint density at radius 2 is 1.86 bits per heavy atom. The van der Waals surface area contributed by atoms with Crippen molar-refractivity contribution in [1.29, 1.82) is 5.41 Å². The van der Waals surface area contributed by atoms with Crippen LogP contribution >= 0.6 is 0 Å². The highest BCUT2D eigenvalue weighted by molar-refractivity contribution is 5.95. The fourth-order valence-electron chi connectivity index (χ4n) is 2.07. The number of amidine groups is 1. The number of ether oxygens (including phenoxy) is 2. The largest absolute Gasteiger partial charge is 0.493 e. The lowest BCUT2D eigenvalue weighted by Crippen LogP contribution is -2.11. The fourth-order valence-corrected chi connectivity index (χ4v) is 2.07. The highest BCUT2D eigenvalue weighted by Gasteiger charge is 2.07. The summed E-state index contributed by atoms with van der Waals surface area (Å²) in [5.74, 6) is 1.52. The zero-order valence-electron chi connectivity index (χ0n) is 12.6. The van der Waals surface area contributed by atoms with Gasteiger partial charge in [0.1, 0.15) is 12.4 Å². The molecule has 0 amide bonds. The molecule has 0 radical (unpaired) electrons. The van der Waals surface area contributed by atoms with Gasteiger partial charge < -0.3 is 15.2 Å². The van der Waals surface area contributed by atoms with E-state index in [1.807, 2.05) is 50.2 Å². The molecule has 110 valence electrons. The lowest BCUT2D eigenvalue weighted by Gasteiger charge is -2.13. The van der Waals surface area contributed by atoms with Crippen molar-refractivity contribution < 1.29 is 9.47 Å². The number of hydrogen-bond acceptors (Lipinski definition) is 3. The number of nitrogens with two attached hydrogens (primary N) is 1. The van der Waals surface area contributed by atoms with Gasteiger partial charge in [-0.1, -0.05) is 18.2 Å². The number of hydrogen-bond donors (Lipinski definition) is 2. The van der Waals surface area contributed by atoms with Crippen LogP contribution < -0.4 is 15.2 Å². The molecule has 0 bridgehead atoms. The molecule has 0 saturated carbocycles. The number of nitrogen functional groups attached to an aromatic ring is 1. The first-order valence-electron chi connectivity index (χ1n) is 6.72. The summed E-state index contributed by atoms with van der Waals surface area (Å²) in [7, 11) is 1.63. The number of rotatable bonds is 5. The van der Waals surface area contributed by atoms with Crippen LogP contribution in [-0.2, 0) is 6.61 Å². The van der Waals surface area contributed by atoms with Gasteiger partial charge in [-0.3, -0.25) is 5.41 Å². The van der Waals surface area contributed by atoms with Gasteiger partial charge >= 0.3 is 0 Å². The number of methoxy groups -OCH3 is 1. The summed E-state index contributed by atoms with van der Waals surface area (Å²) in [5, 5.41) is 7.44. The van der Waals surface area contributed by atoms with Crippen molar-refractivity contribution in [2.24, 2.45) is 5.73 Å². The van der Waals surface area contributed by atoms with Gasteiger partial charge in [0.05, 0.1) is 7.11 Å². The van der Waals surface area contributed by atoms with Crippen LogP contribution in [0.5, 0.6) is 11.5 Å². The van der Waals surface area contributed by atoms with E-state index in [0.29, 0.717) is 6.61 Å². The normalized spacial score (nSPS) is 10.2. The molecule has 0 aromatic heterocycles. The molecule has 0 spiro atoms. The van der Waals surface area contributed by atoms with E-state index in [9.17, 15) is 0 Å². The van der Waals surface area contributed by atoms with E-state index in [4.69, 9.17) is 20.6 Å². The molecule has 3 N–H and O–H groups in total. The summed E-state index contributed by atoms with van der Waals surface area (Å²) < 4.78 is 11.2. The van der Waals surface area contributed by atoms with Crippen LogP contribution in [0.1, 0.15) is 22.3 Å². The smallest absolute Gasteiger partial charge is 0.161 e. The third kappa shape index (κ3) is 3.54. The van der Waals surface area contributed by atoms with Gasteiger partial charge in [0.2, 0.25) is 0 Å². The summed E-state index contributed by atoms with van der Waals surface area (Å²) >= 11 is 0. The lowest BCUT2D eigenvalue weighted by molar-refractivity contribution is 0.284. The number of benzene rings is 2. The molecule has 0 heterocycles. The van der Waals surface area contributed by atoms with Gasteiger partial charge in [-0.2, -0.15) is 0 Å². The van der Waals surface area contributed by atoms with Gasteiger partial charge in [-0.05, 0) is 48.7 Å². The van der Waals surface area contributed by atoms with Crippen LogP contribution in [0.2, 0.25) is 0 Å². The molecule has 0 atom stereocenters. The summed E-state index contributed by atoms with van der Waals surface area (Å²) in [6.07, 6.45) is 0. The highest BCUT2D eigenvalue weighted by Crippen LogP contribution is 2.28. The lowest BCUT2D eigenvalue weighted by atomic mass is 10.1. The highest BCUT2D eigenvalue weighted by atomic mass is 16.5. The van der Waals surface area contributed by atoms with E-state index in [0.717, 1.165) is 33.8 Å². The first kappa shape index (κ1) is 14.9. The molecule has 0 saturated heterocycles. The summed E-state index contributed by atoms with van der Waals surface area (Å²) in [4.78, 5) is 0. The van der Waals surface area contributed by atoms with Crippen molar-refractivity contribution in [1.82, 2.24) is 0 Å². The Labute approximate surface area is 125 Å². The standard InChI is InChI=1S/C17H20N2O2/c1-11-4-7-15(16(8-11)20-3)21-10-14-6-5-13(17(18)19)9-12(14)2/h4-9H,10H2,1-3H3,(H3,18,19). The predicted molar refractivity (Wildman–Crippen MR) is 84.3 cm³/mol. The van der Waals surface area contributed by atoms with Crippen molar-refractivity contribution >= 4 is 5.84 Å². The first-order chi connectivity index (χ1) is 10.0. The van der Waals surface area contributed by atoms with Crippen molar-refractivity contribution in [2.75, 3.05) is 7.11 Å². The van der Waals surface area contributed by atoms with Gasteiger partial charge in [0.25, 0.3) is 0 Å². The Morgan fingerprint density at radius 1 is 1.10 bits per heavy atom. The number of aryl methyl sites for hydroxylation is 2. The molecule has 0 aliphatic heterocycles. The van der Waals surface area contributed by atoms with E-state index < -0.39 is 0 Å². The molecule has 2 aromatic rings. The van der Waals surface area contributed by atoms with Gasteiger partial charge in [0, 0.05) is 5.56 Å². The van der Waals surface area contributed by atoms with Gasteiger partial charge in [0.15, 0.2) is 11.5 Å². The Kier molecular flexibility index (Phi) is 4.48. The van der Waals surface area contributed by atoms with Crippen LogP contribution in [0.4, 0.5) is 0 Å². The van der Waals surface area contributed by atoms with Crippen molar-refractivity contribution in [2.45, 2.75) is 20.5 Å². The maximum Gasteiger partial charge on any atom is 0.161 e. The molecule has 2 rings (SSSR count). The van der Waals surface area contributed by atoms with E-state index in [2.05, 4.69) is 0 Å². The SMILES string of the molecule is COc1cc(C)ccc1OCc1ccc(C(=N)N)cc1C. The molecule has 4 heteroatoms. The second-order valence-electron chi connectivity index (χ2n) is 5.00. The van der Waals surface area contributed by atoms with Crippen molar-refractivity contribution in [3.63, 3.8) is 0 Å². The molecule has 0 aliphatic carbocycles. The zero-order valence-corrected chi connectivity index (χ0v) is 12.6. The molecular weight excluding hydrogens is 264 g/mol.